The lowest BCUT2D eigenvalue weighted by Gasteiger charge is -2.25. The Morgan fingerprint density at radius 2 is 1.88 bits per heavy atom. The molecule has 4 N–H and O–H groups in total. The van der Waals surface area contributed by atoms with E-state index in [2.05, 4.69) is 10.6 Å². The van der Waals surface area contributed by atoms with Gasteiger partial charge >= 0.3 is 12.3 Å². The molecule has 0 saturated carbocycles. The minimum atomic E-state index is -4.52. The highest BCUT2D eigenvalue weighted by Gasteiger charge is 2.29. The lowest BCUT2D eigenvalue weighted by Crippen LogP contribution is -2.30. The molecule has 0 bridgehead atoms. The van der Waals surface area contributed by atoms with Crippen LogP contribution >= 0.6 is 0 Å². The van der Waals surface area contributed by atoms with Gasteiger partial charge in [-0.1, -0.05) is 13.3 Å². The minimum Gasteiger partial charge on any atom is -0.482 e. The van der Waals surface area contributed by atoms with Crippen molar-refractivity contribution in [1.82, 2.24) is 0 Å². The van der Waals surface area contributed by atoms with Crippen molar-refractivity contribution in [3.63, 3.8) is 0 Å². The number of halogens is 3. The number of alkyl halides is 3. The fraction of sp³-hybridized carbons (Fsp3) is 0.562. The molecule has 0 saturated heterocycles. The number of rotatable bonds is 7. The van der Waals surface area contributed by atoms with Crippen molar-refractivity contribution in [2.45, 2.75) is 45.4 Å². The molecule has 9 heteroatoms. The molecule has 0 radical (unpaired) electrons. The van der Waals surface area contributed by atoms with Gasteiger partial charge in [-0.05, 0) is 26.3 Å². The van der Waals surface area contributed by atoms with Crippen molar-refractivity contribution in [2.24, 2.45) is 0 Å². The number of amides is 1. The summed E-state index contributed by atoms with van der Waals surface area (Å²) in [5.41, 5.74) is 5.69. The van der Waals surface area contributed by atoms with Gasteiger partial charge < -0.3 is 20.5 Å². The maximum Gasteiger partial charge on any atom is 0.422 e. The molecule has 1 aromatic carbocycles. The molecule has 0 aliphatic carbocycles. The number of hydrogen-bond donors (Lipinski definition) is 3. The van der Waals surface area contributed by atoms with E-state index >= 15 is 0 Å². The van der Waals surface area contributed by atoms with E-state index in [1.807, 2.05) is 6.92 Å². The van der Waals surface area contributed by atoms with Crippen LogP contribution in [0.1, 0.15) is 33.6 Å². The second-order valence-electron chi connectivity index (χ2n) is 6.11. The third-order valence-corrected chi connectivity index (χ3v) is 3.27. The van der Waals surface area contributed by atoms with Crippen molar-refractivity contribution >= 4 is 23.2 Å². The number of carbonyl (C=O) groups excluding carboxylic acids is 1. The predicted molar refractivity (Wildman–Crippen MR) is 91.0 cm³/mol. The van der Waals surface area contributed by atoms with Crippen LogP contribution in [0.15, 0.2) is 12.1 Å². The van der Waals surface area contributed by atoms with Gasteiger partial charge in [0.05, 0.1) is 17.1 Å². The van der Waals surface area contributed by atoms with Gasteiger partial charge in [0.2, 0.25) is 0 Å². The highest BCUT2D eigenvalue weighted by atomic mass is 19.4. The van der Waals surface area contributed by atoms with Crippen LogP contribution < -0.4 is 21.1 Å². The Morgan fingerprint density at radius 3 is 2.40 bits per heavy atom. The van der Waals surface area contributed by atoms with E-state index in [4.69, 9.17) is 15.2 Å². The van der Waals surface area contributed by atoms with Crippen molar-refractivity contribution < 1.29 is 27.4 Å². The van der Waals surface area contributed by atoms with Crippen LogP contribution in [0.4, 0.5) is 35.0 Å². The van der Waals surface area contributed by atoms with Crippen molar-refractivity contribution in [3.05, 3.63) is 12.1 Å². The summed E-state index contributed by atoms with van der Waals surface area (Å²) in [5.74, 6) is -0.195. The van der Waals surface area contributed by atoms with E-state index in [1.54, 1.807) is 20.9 Å². The van der Waals surface area contributed by atoms with E-state index in [0.29, 0.717) is 12.1 Å². The molecule has 0 fully saturated rings. The Hall–Kier alpha value is -2.32. The van der Waals surface area contributed by atoms with Crippen LogP contribution in [-0.2, 0) is 4.74 Å². The van der Waals surface area contributed by atoms with Crippen molar-refractivity contribution in [1.29, 1.82) is 0 Å². The van der Waals surface area contributed by atoms with Crippen LogP contribution in [0.3, 0.4) is 0 Å². The SMILES string of the molecule is CCCC(C)(C)OC(=O)Nc1cc(NC)c(N)cc1OCC(F)(F)F. The van der Waals surface area contributed by atoms with Crippen LogP contribution in [0.2, 0.25) is 0 Å². The summed E-state index contributed by atoms with van der Waals surface area (Å²) in [4.78, 5) is 12.1. The maximum absolute atomic E-state index is 12.4. The molecule has 25 heavy (non-hydrogen) atoms. The zero-order valence-electron chi connectivity index (χ0n) is 14.7. The molecule has 142 valence electrons. The second kappa shape index (κ2) is 8.17. The number of anilines is 3. The number of nitrogens with one attached hydrogen (secondary N) is 2. The molecule has 1 rings (SSSR count). The zero-order valence-corrected chi connectivity index (χ0v) is 14.7. The first-order chi connectivity index (χ1) is 11.5. The smallest absolute Gasteiger partial charge is 0.422 e. The lowest BCUT2D eigenvalue weighted by atomic mass is 10.0. The van der Waals surface area contributed by atoms with E-state index in [0.717, 1.165) is 6.42 Å². The van der Waals surface area contributed by atoms with Crippen LogP contribution in [0.5, 0.6) is 5.75 Å². The summed E-state index contributed by atoms with van der Waals surface area (Å²) in [7, 11) is 1.59. The average molecular weight is 363 g/mol. The quantitative estimate of drug-likeness (QED) is 0.626. The number of benzene rings is 1. The molecule has 0 aliphatic heterocycles. The van der Waals surface area contributed by atoms with Crippen LogP contribution in [-0.4, -0.2) is 31.5 Å². The normalized spacial score (nSPS) is 11.8. The fourth-order valence-electron chi connectivity index (χ4n) is 2.23. The zero-order chi connectivity index (χ0) is 19.3. The standard InChI is InChI=1S/C16H24F3N3O3/c1-5-6-15(2,3)25-14(23)22-12-8-11(21-4)10(20)7-13(12)24-9-16(17,18)19/h7-8,21H,5-6,9,20H2,1-4H3,(H,22,23). The summed E-state index contributed by atoms with van der Waals surface area (Å²) in [6.45, 7) is 3.94. The molecular weight excluding hydrogens is 339 g/mol. The maximum atomic E-state index is 12.4. The monoisotopic (exact) mass is 363 g/mol. The third kappa shape index (κ3) is 6.98. The Morgan fingerprint density at radius 1 is 1.24 bits per heavy atom. The molecule has 6 nitrogen and oxygen atoms in total. The largest absolute Gasteiger partial charge is 0.482 e. The number of carbonyl (C=O) groups is 1. The van der Waals surface area contributed by atoms with Crippen LogP contribution in [0, 0.1) is 0 Å². The van der Waals surface area contributed by atoms with E-state index in [-0.39, 0.29) is 17.1 Å². The molecule has 1 amide bonds. The first-order valence-electron chi connectivity index (χ1n) is 7.78. The minimum absolute atomic E-state index is 0.0279. The summed E-state index contributed by atoms with van der Waals surface area (Å²) in [6, 6.07) is 2.60. The topological polar surface area (TPSA) is 85.6 Å². The predicted octanol–water partition coefficient (Wildman–Crippen LogP) is 4.38. The van der Waals surface area contributed by atoms with Gasteiger partial charge in [-0.3, -0.25) is 5.32 Å². The van der Waals surface area contributed by atoms with E-state index in [9.17, 15) is 18.0 Å². The molecule has 0 spiro atoms. The lowest BCUT2D eigenvalue weighted by molar-refractivity contribution is -0.153. The van der Waals surface area contributed by atoms with Crippen molar-refractivity contribution in [2.75, 3.05) is 30.0 Å². The third-order valence-electron chi connectivity index (χ3n) is 3.27. The number of hydrogen-bond acceptors (Lipinski definition) is 5. The summed E-state index contributed by atoms with van der Waals surface area (Å²) >= 11 is 0. The van der Waals surface area contributed by atoms with Gasteiger partial charge in [-0.2, -0.15) is 13.2 Å². The van der Waals surface area contributed by atoms with E-state index in [1.165, 1.54) is 12.1 Å². The molecule has 0 unspecified atom stereocenters. The summed E-state index contributed by atoms with van der Waals surface area (Å²) in [6.07, 6.45) is -3.85. The Kier molecular flexibility index (Phi) is 6.78. The van der Waals surface area contributed by atoms with Crippen LogP contribution in [0.25, 0.3) is 0 Å². The summed E-state index contributed by atoms with van der Waals surface area (Å²) < 4.78 is 47.3. The molecule has 0 aliphatic rings. The number of nitrogen functional groups attached to an aromatic ring is 1. The highest BCUT2D eigenvalue weighted by Crippen LogP contribution is 2.34. The molecule has 0 heterocycles. The van der Waals surface area contributed by atoms with Gasteiger partial charge in [0.25, 0.3) is 0 Å². The molecule has 0 aromatic heterocycles. The fourth-order valence-corrected chi connectivity index (χ4v) is 2.23. The first kappa shape index (κ1) is 20.7. The Bertz CT molecular complexity index is 604. The highest BCUT2D eigenvalue weighted by molar-refractivity contribution is 5.90. The molecule has 1 aromatic rings. The first-order valence-corrected chi connectivity index (χ1v) is 7.78. The van der Waals surface area contributed by atoms with Gasteiger partial charge in [-0.25, -0.2) is 4.79 Å². The second-order valence-corrected chi connectivity index (χ2v) is 6.11. The van der Waals surface area contributed by atoms with Crippen molar-refractivity contribution in [3.8, 4) is 5.75 Å². The number of nitrogens with two attached hydrogens (primary N) is 1. The van der Waals surface area contributed by atoms with Gasteiger partial charge in [0.15, 0.2) is 6.61 Å². The van der Waals surface area contributed by atoms with Gasteiger partial charge in [0.1, 0.15) is 11.4 Å². The van der Waals surface area contributed by atoms with Gasteiger partial charge in [-0.15, -0.1) is 0 Å². The van der Waals surface area contributed by atoms with E-state index < -0.39 is 24.5 Å². The summed E-state index contributed by atoms with van der Waals surface area (Å²) in [5, 5.41) is 5.20. The average Bonchev–Trinajstić information content (AvgIpc) is 2.45. The molecular formula is C16H24F3N3O3. The number of ether oxygens (including phenoxy) is 2. The Labute approximate surface area is 144 Å². The molecule has 0 atom stereocenters. The van der Waals surface area contributed by atoms with Gasteiger partial charge in [0, 0.05) is 13.1 Å². The Balaban J connectivity index is 3.00.